The second-order valence-electron chi connectivity index (χ2n) is 6.35. The van der Waals surface area contributed by atoms with Crippen LogP contribution in [-0.4, -0.2) is 30.1 Å². The van der Waals surface area contributed by atoms with Gasteiger partial charge in [0.1, 0.15) is 0 Å². The van der Waals surface area contributed by atoms with Gasteiger partial charge in [0.15, 0.2) is 0 Å². The van der Waals surface area contributed by atoms with Gasteiger partial charge >= 0.3 is 0 Å². The van der Waals surface area contributed by atoms with Gasteiger partial charge in [0.25, 0.3) is 0 Å². The maximum atomic E-state index is 3.74. The van der Waals surface area contributed by atoms with Crippen LogP contribution in [0.5, 0.6) is 0 Å². The van der Waals surface area contributed by atoms with Gasteiger partial charge in [0.05, 0.1) is 0 Å². The first-order valence-electron chi connectivity index (χ1n) is 8.21. The lowest BCUT2D eigenvalue weighted by Gasteiger charge is -2.45. The summed E-state index contributed by atoms with van der Waals surface area (Å²) in [5.41, 5.74) is 1.47. The van der Waals surface area contributed by atoms with Crippen molar-refractivity contribution in [1.29, 1.82) is 0 Å². The lowest BCUT2D eigenvalue weighted by atomic mass is 9.93. The second-order valence-corrected chi connectivity index (χ2v) is 6.35. The first-order chi connectivity index (χ1) is 9.67. The Morgan fingerprint density at radius 1 is 1.20 bits per heavy atom. The summed E-state index contributed by atoms with van der Waals surface area (Å²) in [6.07, 6.45) is 2.41. The highest BCUT2D eigenvalue weighted by Gasteiger charge is 2.32. The van der Waals surface area contributed by atoms with Crippen LogP contribution in [0.2, 0.25) is 0 Å². The molecule has 0 saturated carbocycles. The zero-order valence-corrected chi connectivity index (χ0v) is 13.5. The molecule has 3 atom stereocenters. The van der Waals surface area contributed by atoms with E-state index in [-0.39, 0.29) is 0 Å². The minimum Gasteiger partial charge on any atom is -0.311 e. The van der Waals surface area contributed by atoms with E-state index in [9.17, 15) is 0 Å². The molecule has 1 aliphatic heterocycles. The SMILES string of the molecule is CCC1CNC(C(C)C)CN1C(CC)c1ccccc1. The fourth-order valence-corrected chi connectivity index (χ4v) is 3.39. The number of nitrogens with zero attached hydrogens (tertiary/aromatic N) is 1. The third-order valence-electron chi connectivity index (χ3n) is 4.74. The first-order valence-corrected chi connectivity index (χ1v) is 8.21. The Morgan fingerprint density at radius 2 is 1.90 bits per heavy atom. The normalized spacial score (nSPS) is 25.9. The third kappa shape index (κ3) is 3.42. The van der Waals surface area contributed by atoms with E-state index in [1.165, 1.54) is 24.9 Å². The number of nitrogens with one attached hydrogen (secondary N) is 1. The molecule has 2 rings (SSSR count). The van der Waals surface area contributed by atoms with Crippen LogP contribution in [0, 0.1) is 5.92 Å². The molecule has 0 spiro atoms. The van der Waals surface area contributed by atoms with Crippen molar-refractivity contribution in [3.63, 3.8) is 0 Å². The Labute approximate surface area is 124 Å². The minimum atomic E-state index is 0.560. The molecule has 1 heterocycles. The van der Waals surface area contributed by atoms with E-state index in [1.54, 1.807) is 0 Å². The summed E-state index contributed by atoms with van der Waals surface area (Å²) in [6, 6.07) is 12.9. The Balaban J connectivity index is 2.20. The summed E-state index contributed by atoms with van der Waals surface area (Å²) in [5, 5.41) is 3.74. The van der Waals surface area contributed by atoms with Crippen LogP contribution in [-0.2, 0) is 0 Å². The highest BCUT2D eigenvalue weighted by molar-refractivity contribution is 5.19. The largest absolute Gasteiger partial charge is 0.311 e. The van der Waals surface area contributed by atoms with Gasteiger partial charge < -0.3 is 5.32 Å². The van der Waals surface area contributed by atoms with Crippen LogP contribution in [0.1, 0.15) is 52.1 Å². The van der Waals surface area contributed by atoms with Gasteiger partial charge in [-0.3, -0.25) is 4.90 Å². The molecule has 0 aromatic heterocycles. The van der Waals surface area contributed by atoms with Crippen molar-refractivity contribution in [2.75, 3.05) is 13.1 Å². The van der Waals surface area contributed by atoms with Crippen molar-refractivity contribution in [3.8, 4) is 0 Å². The van der Waals surface area contributed by atoms with Crippen molar-refractivity contribution in [3.05, 3.63) is 35.9 Å². The standard InChI is InChI=1S/C18H30N2/c1-5-16-12-19-17(14(3)4)13-20(16)18(6-2)15-10-8-7-9-11-15/h7-11,14,16-19H,5-6,12-13H2,1-4H3. The molecule has 0 radical (unpaired) electrons. The van der Waals surface area contributed by atoms with Crippen molar-refractivity contribution in [2.24, 2.45) is 5.92 Å². The van der Waals surface area contributed by atoms with Gasteiger partial charge in [-0.05, 0) is 24.3 Å². The van der Waals surface area contributed by atoms with Crippen LogP contribution in [0.25, 0.3) is 0 Å². The number of hydrogen-bond donors (Lipinski definition) is 1. The van der Waals surface area contributed by atoms with Gasteiger partial charge in [-0.25, -0.2) is 0 Å². The molecular weight excluding hydrogens is 244 g/mol. The minimum absolute atomic E-state index is 0.560. The summed E-state index contributed by atoms with van der Waals surface area (Å²) in [4.78, 5) is 2.75. The van der Waals surface area contributed by atoms with Gasteiger partial charge in [0, 0.05) is 31.2 Å². The predicted octanol–water partition coefficient (Wildman–Crippen LogP) is 3.85. The zero-order valence-electron chi connectivity index (χ0n) is 13.5. The number of piperazine rings is 1. The monoisotopic (exact) mass is 274 g/mol. The molecule has 1 aliphatic rings. The van der Waals surface area contributed by atoms with E-state index in [0.29, 0.717) is 24.0 Å². The fraction of sp³-hybridized carbons (Fsp3) is 0.667. The molecule has 1 N–H and O–H groups in total. The molecule has 3 unspecified atom stereocenters. The Bertz CT molecular complexity index is 388. The molecule has 0 aliphatic carbocycles. The van der Waals surface area contributed by atoms with E-state index < -0.39 is 0 Å². The van der Waals surface area contributed by atoms with Gasteiger partial charge in [0.2, 0.25) is 0 Å². The maximum absolute atomic E-state index is 3.74. The smallest absolute Gasteiger partial charge is 0.0349 e. The van der Waals surface area contributed by atoms with E-state index in [1.807, 2.05) is 0 Å². The molecule has 1 aromatic carbocycles. The predicted molar refractivity (Wildman–Crippen MR) is 86.9 cm³/mol. The van der Waals surface area contributed by atoms with Crippen molar-refractivity contribution in [1.82, 2.24) is 10.2 Å². The molecule has 0 bridgehead atoms. The summed E-state index contributed by atoms with van der Waals surface area (Å²) >= 11 is 0. The van der Waals surface area contributed by atoms with Crippen LogP contribution in [0.3, 0.4) is 0 Å². The van der Waals surface area contributed by atoms with E-state index >= 15 is 0 Å². The van der Waals surface area contributed by atoms with Crippen molar-refractivity contribution in [2.45, 2.75) is 58.7 Å². The molecular formula is C18H30N2. The molecule has 2 nitrogen and oxygen atoms in total. The maximum Gasteiger partial charge on any atom is 0.0349 e. The summed E-state index contributed by atoms with van der Waals surface area (Å²) in [7, 11) is 0. The average molecular weight is 274 g/mol. The van der Waals surface area contributed by atoms with Crippen LogP contribution in [0.15, 0.2) is 30.3 Å². The molecule has 20 heavy (non-hydrogen) atoms. The summed E-state index contributed by atoms with van der Waals surface area (Å²) in [6.45, 7) is 11.6. The van der Waals surface area contributed by atoms with Crippen LogP contribution in [0.4, 0.5) is 0 Å². The van der Waals surface area contributed by atoms with Gasteiger partial charge in [-0.1, -0.05) is 58.0 Å². The summed E-state index contributed by atoms with van der Waals surface area (Å²) in [5.74, 6) is 0.698. The average Bonchev–Trinajstić information content (AvgIpc) is 2.49. The van der Waals surface area contributed by atoms with Gasteiger partial charge in [-0.15, -0.1) is 0 Å². The molecule has 112 valence electrons. The number of rotatable bonds is 5. The Kier molecular flexibility index (Phi) is 5.62. The van der Waals surface area contributed by atoms with Crippen LogP contribution < -0.4 is 5.32 Å². The van der Waals surface area contributed by atoms with E-state index in [4.69, 9.17) is 0 Å². The first kappa shape index (κ1) is 15.5. The molecule has 1 fully saturated rings. The zero-order chi connectivity index (χ0) is 14.5. The molecule has 1 saturated heterocycles. The Morgan fingerprint density at radius 3 is 2.45 bits per heavy atom. The van der Waals surface area contributed by atoms with E-state index in [2.05, 4.69) is 68.2 Å². The molecule has 0 amide bonds. The second kappa shape index (κ2) is 7.24. The summed E-state index contributed by atoms with van der Waals surface area (Å²) < 4.78 is 0. The van der Waals surface area contributed by atoms with Crippen LogP contribution >= 0.6 is 0 Å². The van der Waals surface area contributed by atoms with Crippen molar-refractivity contribution < 1.29 is 0 Å². The lowest BCUT2D eigenvalue weighted by Crippen LogP contribution is -2.58. The molecule has 1 aromatic rings. The third-order valence-corrected chi connectivity index (χ3v) is 4.74. The number of hydrogen-bond acceptors (Lipinski definition) is 2. The van der Waals surface area contributed by atoms with Crippen molar-refractivity contribution >= 4 is 0 Å². The van der Waals surface area contributed by atoms with Gasteiger partial charge in [-0.2, -0.15) is 0 Å². The number of benzene rings is 1. The highest BCUT2D eigenvalue weighted by Crippen LogP contribution is 2.29. The Hall–Kier alpha value is -0.860. The van der Waals surface area contributed by atoms with E-state index in [0.717, 1.165) is 6.54 Å². The fourth-order valence-electron chi connectivity index (χ4n) is 3.39. The lowest BCUT2D eigenvalue weighted by molar-refractivity contribution is 0.0642. The highest BCUT2D eigenvalue weighted by atomic mass is 15.3. The topological polar surface area (TPSA) is 15.3 Å². The molecule has 2 heteroatoms. The quantitative estimate of drug-likeness (QED) is 0.877.